The number of hydrogen-bond donors (Lipinski definition) is 1. The van der Waals surface area contributed by atoms with E-state index in [2.05, 4.69) is 10.2 Å². The fourth-order valence-electron chi connectivity index (χ4n) is 5.16. The summed E-state index contributed by atoms with van der Waals surface area (Å²) < 4.78 is 17.5. The van der Waals surface area contributed by atoms with Gasteiger partial charge in [0, 0.05) is 12.0 Å². The molecule has 4 aromatic rings. The van der Waals surface area contributed by atoms with Gasteiger partial charge < -0.3 is 19.3 Å². The molecule has 0 bridgehead atoms. The minimum Gasteiger partial charge on any atom is -0.507 e. The average Bonchev–Trinajstić information content (AvgIpc) is 3.65. The van der Waals surface area contributed by atoms with Crippen LogP contribution >= 0.6 is 11.3 Å². The van der Waals surface area contributed by atoms with Crippen LogP contribution in [0.5, 0.6) is 17.2 Å². The number of aromatic nitrogens is 2. The Morgan fingerprint density at radius 1 is 1.07 bits per heavy atom. The van der Waals surface area contributed by atoms with E-state index >= 15 is 0 Å². The van der Waals surface area contributed by atoms with E-state index in [0.29, 0.717) is 40.7 Å². The molecule has 3 aromatic carbocycles. The quantitative estimate of drug-likeness (QED) is 0.179. The molecule has 0 spiro atoms. The summed E-state index contributed by atoms with van der Waals surface area (Å²) in [6.07, 6.45) is 0.698. The summed E-state index contributed by atoms with van der Waals surface area (Å²) in [6.45, 7) is 4.07. The van der Waals surface area contributed by atoms with Crippen LogP contribution in [0.1, 0.15) is 40.2 Å². The van der Waals surface area contributed by atoms with E-state index in [1.54, 1.807) is 43.3 Å². The molecular formula is C31H27N3O6S. The zero-order valence-electron chi connectivity index (χ0n) is 22.7. The third-order valence-electron chi connectivity index (χ3n) is 7.08. The number of amides is 1. The van der Waals surface area contributed by atoms with Crippen molar-refractivity contribution in [3.8, 4) is 17.2 Å². The zero-order chi connectivity index (χ0) is 28.7. The lowest BCUT2D eigenvalue weighted by atomic mass is 9.94. The molecule has 1 amide bonds. The van der Waals surface area contributed by atoms with Crippen molar-refractivity contribution >= 4 is 33.9 Å². The molecule has 10 heteroatoms. The lowest BCUT2D eigenvalue weighted by Gasteiger charge is -2.23. The largest absolute Gasteiger partial charge is 0.507 e. The SMILES string of the molecule is COc1cc([C@H]2C(=C(O)c3ccc4c(c3)C[C@@H](C)O4)C(=O)C(=O)N2c2nnc(C)s2)ccc1OCc1ccccc1. The molecule has 41 heavy (non-hydrogen) atoms. The molecular weight excluding hydrogens is 542 g/mol. The van der Waals surface area contributed by atoms with E-state index in [-0.39, 0.29) is 22.6 Å². The van der Waals surface area contributed by atoms with Gasteiger partial charge in [-0.05, 0) is 60.9 Å². The second-order valence-electron chi connectivity index (χ2n) is 9.91. The van der Waals surface area contributed by atoms with Gasteiger partial charge in [-0.15, -0.1) is 10.2 Å². The summed E-state index contributed by atoms with van der Waals surface area (Å²) in [6, 6.07) is 19.2. The maximum atomic E-state index is 13.5. The number of aliphatic hydroxyl groups excluding tert-OH is 1. The summed E-state index contributed by atoms with van der Waals surface area (Å²) >= 11 is 1.19. The van der Waals surface area contributed by atoms with Gasteiger partial charge in [-0.2, -0.15) is 0 Å². The maximum absolute atomic E-state index is 13.5. The number of aryl methyl sites for hydroxylation is 1. The lowest BCUT2D eigenvalue weighted by Crippen LogP contribution is -2.29. The first-order valence-electron chi connectivity index (χ1n) is 13.1. The minimum absolute atomic E-state index is 0.0173. The molecule has 9 nitrogen and oxygen atoms in total. The van der Waals surface area contributed by atoms with Crippen molar-refractivity contribution < 1.29 is 28.9 Å². The van der Waals surface area contributed by atoms with Crippen molar-refractivity contribution in [2.24, 2.45) is 0 Å². The van der Waals surface area contributed by atoms with E-state index in [0.717, 1.165) is 16.9 Å². The Labute approximate surface area is 240 Å². The van der Waals surface area contributed by atoms with Gasteiger partial charge in [-0.3, -0.25) is 14.5 Å². The molecule has 0 aliphatic carbocycles. The Balaban J connectivity index is 1.44. The Morgan fingerprint density at radius 2 is 1.88 bits per heavy atom. The number of aliphatic hydroxyl groups is 1. The van der Waals surface area contributed by atoms with E-state index in [1.807, 2.05) is 37.3 Å². The normalized spacial score (nSPS) is 19.2. The maximum Gasteiger partial charge on any atom is 0.301 e. The molecule has 2 atom stereocenters. The Hall–Kier alpha value is -4.70. The number of methoxy groups -OCH3 is 1. The third-order valence-corrected chi connectivity index (χ3v) is 7.91. The number of fused-ring (bicyclic) bond motifs is 1. The van der Waals surface area contributed by atoms with Crippen molar-refractivity contribution in [1.29, 1.82) is 0 Å². The van der Waals surface area contributed by atoms with Crippen LogP contribution in [0, 0.1) is 6.92 Å². The summed E-state index contributed by atoms with van der Waals surface area (Å²) in [7, 11) is 1.52. The smallest absolute Gasteiger partial charge is 0.301 e. The molecule has 2 aliphatic rings. The van der Waals surface area contributed by atoms with Crippen molar-refractivity contribution in [2.75, 3.05) is 12.0 Å². The monoisotopic (exact) mass is 569 g/mol. The van der Waals surface area contributed by atoms with Gasteiger partial charge in [0.15, 0.2) is 11.5 Å². The molecule has 0 saturated carbocycles. The molecule has 1 aromatic heterocycles. The van der Waals surface area contributed by atoms with Crippen LogP contribution in [0.4, 0.5) is 5.13 Å². The average molecular weight is 570 g/mol. The second-order valence-corrected chi connectivity index (χ2v) is 11.1. The molecule has 0 radical (unpaired) electrons. The lowest BCUT2D eigenvalue weighted by molar-refractivity contribution is -0.132. The number of rotatable bonds is 7. The number of anilines is 1. The predicted molar refractivity (Wildman–Crippen MR) is 153 cm³/mol. The molecule has 1 N–H and O–H groups in total. The van der Waals surface area contributed by atoms with Gasteiger partial charge in [0.2, 0.25) is 5.13 Å². The first kappa shape index (κ1) is 26.5. The van der Waals surface area contributed by atoms with Crippen molar-refractivity contribution in [2.45, 2.75) is 39.0 Å². The summed E-state index contributed by atoms with van der Waals surface area (Å²) in [5, 5.41) is 20.6. The number of ketones is 1. The van der Waals surface area contributed by atoms with E-state index in [4.69, 9.17) is 14.2 Å². The molecule has 0 unspecified atom stereocenters. The van der Waals surface area contributed by atoms with Gasteiger partial charge >= 0.3 is 5.91 Å². The third kappa shape index (κ3) is 4.91. The van der Waals surface area contributed by atoms with Crippen LogP contribution in [0.25, 0.3) is 5.76 Å². The highest BCUT2D eigenvalue weighted by molar-refractivity contribution is 7.15. The van der Waals surface area contributed by atoms with E-state index < -0.39 is 17.7 Å². The van der Waals surface area contributed by atoms with Gasteiger partial charge in [0.25, 0.3) is 5.78 Å². The number of benzene rings is 3. The molecule has 1 saturated heterocycles. The van der Waals surface area contributed by atoms with Crippen molar-refractivity contribution in [3.63, 3.8) is 0 Å². The van der Waals surface area contributed by atoms with Crippen molar-refractivity contribution in [3.05, 3.63) is 99.6 Å². The van der Waals surface area contributed by atoms with Crippen LogP contribution in [-0.4, -0.2) is 40.2 Å². The summed E-state index contributed by atoms with van der Waals surface area (Å²) in [5.74, 6) is -0.227. The zero-order valence-corrected chi connectivity index (χ0v) is 23.5. The Bertz CT molecular complexity index is 1680. The topological polar surface area (TPSA) is 111 Å². The van der Waals surface area contributed by atoms with Gasteiger partial charge in [0.05, 0.1) is 18.7 Å². The number of Topliss-reactive ketones (excluding diaryl/α,β-unsaturated/α-hetero) is 1. The first-order valence-corrected chi connectivity index (χ1v) is 13.9. The van der Waals surface area contributed by atoms with Crippen LogP contribution < -0.4 is 19.1 Å². The fraction of sp³-hybridized carbons (Fsp3) is 0.226. The molecule has 6 rings (SSSR count). The molecule has 3 heterocycles. The molecule has 2 aliphatic heterocycles. The van der Waals surface area contributed by atoms with E-state index in [1.165, 1.54) is 23.3 Å². The number of ether oxygens (including phenoxy) is 3. The first-order chi connectivity index (χ1) is 19.8. The van der Waals surface area contributed by atoms with Crippen molar-refractivity contribution in [1.82, 2.24) is 10.2 Å². The highest BCUT2D eigenvalue weighted by atomic mass is 32.1. The second kappa shape index (κ2) is 10.7. The standard InChI is InChI=1S/C31H27N3O6S/c1-17-13-22-14-21(10-11-23(22)40-17)28(35)26-27(34(30(37)29(26)36)31-33-32-18(2)41-31)20-9-12-24(25(15-20)38-3)39-16-19-7-5-4-6-8-19/h4-12,14-15,17,27,35H,13,16H2,1-3H3/t17-,27+/m1/s1. The summed E-state index contributed by atoms with van der Waals surface area (Å²) in [4.78, 5) is 28.3. The predicted octanol–water partition coefficient (Wildman–Crippen LogP) is 5.38. The van der Waals surface area contributed by atoms with E-state index in [9.17, 15) is 14.7 Å². The molecule has 1 fully saturated rings. The van der Waals surface area contributed by atoms with Crippen LogP contribution in [0.3, 0.4) is 0 Å². The van der Waals surface area contributed by atoms with Gasteiger partial charge in [-0.25, -0.2) is 0 Å². The van der Waals surface area contributed by atoms with Crippen LogP contribution in [0.2, 0.25) is 0 Å². The highest BCUT2D eigenvalue weighted by Crippen LogP contribution is 2.45. The molecule has 208 valence electrons. The van der Waals surface area contributed by atoms with Gasteiger partial charge in [0.1, 0.15) is 29.2 Å². The number of hydrogen-bond acceptors (Lipinski definition) is 9. The summed E-state index contributed by atoms with van der Waals surface area (Å²) in [5.41, 5.74) is 2.84. The Morgan fingerprint density at radius 3 is 2.61 bits per heavy atom. The minimum atomic E-state index is -0.970. The number of carbonyl (C=O) groups is 2. The Kier molecular flexibility index (Phi) is 6.92. The van der Waals surface area contributed by atoms with Crippen LogP contribution in [0.15, 0.2) is 72.3 Å². The van der Waals surface area contributed by atoms with Gasteiger partial charge in [-0.1, -0.05) is 47.7 Å². The fourth-order valence-corrected chi connectivity index (χ4v) is 5.88. The number of nitrogens with zero attached hydrogens (tertiary/aromatic N) is 3. The highest BCUT2D eigenvalue weighted by Gasteiger charge is 2.48. The van der Waals surface area contributed by atoms with Crippen LogP contribution in [-0.2, 0) is 22.6 Å². The number of carbonyl (C=O) groups excluding carboxylic acids is 2.